The Morgan fingerprint density at radius 2 is 2.03 bits per heavy atom. The molecule has 1 aromatic carbocycles. The molecule has 170 valence electrons. The molecule has 2 aromatic rings. The third-order valence-electron chi connectivity index (χ3n) is 4.08. The van der Waals surface area contributed by atoms with Crippen molar-refractivity contribution < 1.29 is 23.9 Å². The average Bonchev–Trinajstić information content (AvgIpc) is 3.14. The summed E-state index contributed by atoms with van der Waals surface area (Å²) in [5, 5.41) is 7.12. The number of fused-ring (bicyclic) bond motifs is 1. The van der Waals surface area contributed by atoms with E-state index < -0.39 is 17.8 Å². The minimum Gasteiger partial charge on any atom is -0.444 e. The highest BCUT2D eigenvalue weighted by molar-refractivity contribution is 7.18. The maximum atomic E-state index is 12.6. The van der Waals surface area contributed by atoms with Crippen molar-refractivity contribution in [2.45, 2.75) is 39.5 Å². The molecule has 0 unspecified atom stereocenters. The Hall–Kier alpha value is -3.40. The number of nitrogens with zero attached hydrogens (tertiary/aromatic N) is 3. The van der Waals surface area contributed by atoms with Gasteiger partial charge in [-0.1, -0.05) is 59.5 Å². The number of hydrogen-bond acceptors (Lipinski definition) is 8. The van der Waals surface area contributed by atoms with Gasteiger partial charge in [0.05, 0.1) is 23.7 Å². The minimum atomic E-state index is -0.634. The number of thiazole rings is 1. The summed E-state index contributed by atoms with van der Waals surface area (Å²) < 4.78 is 10.7. The Labute approximate surface area is 190 Å². The van der Waals surface area contributed by atoms with Crippen LogP contribution < -0.4 is 5.32 Å². The molecule has 2 heterocycles. The van der Waals surface area contributed by atoms with Crippen molar-refractivity contribution in [2.75, 3.05) is 18.5 Å². The maximum Gasteiger partial charge on any atom is 0.413 e. The van der Waals surface area contributed by atoms with Crippen LogP contribution in [0.2, 0.25) is 0 Å². The van der Waals surface area contributed by atoms with Crippen LogP contribution >= 0.6 is 11.3 Å². The summed E-state index contributed by atoms with van der Waals surface area (Å²) in [4.78, 5) is 36.7. The third-order valence-corrected chi connectivity index (χ3v) is 5.14. The molecule has 2 amide bonds. The highest BCUT2D eigenvalue weighted by Crippen LogP contribution is 2.29. The fraction of sp³-hybridized carbons (Fsp3) is 0.364. The fourth-order valence-electron chi connectivity index (χ4n) is 2.77. The number of amides is 2. The van der Waals surface area contributed by atoms with Crippen molar-refractivity contribution in [3.8, 4) is 0 Å². The summed E-state index contributed by atoms with van der Waals surface area (Å²) in [5.74, 6) is 0. The number of carbonyl (C=O) groups excluding carboxylic acids is 2. The highest BCUT2D eigenvalue weighted by Gasteiger charge is 2.32. The molecule has 32 heavy (non-hydrogen) atoms. The molecular formula is C22H26N4O5S. The normalized spacial score (nSPS) is 14.5. The van der Waals surface area contributed by atoms with Gasteiger partial charge in [-0.05, 0) is 26.3 Å². The Bertz CT molecular complexity index is 997. The number of benzene rings is 1. The molecule has 0 radical (unpaired) electrons. The van der Waals surface area contributed by atoms with Crippen LogP contribution in [0.5, 0.6) is 0 Å². The topological polar surface area (TPSA) is 102 Å². The fourth-order valence-corrected chi connectivity index (χ4v) is 3.70. The van der Waals surface area contributed by atoms with Crippen LogP contribution in [0.4, 0.5) is 14.7 Å². The number of hydrogen-bond donors (Lipinski definition) is 1. The van der Waals surface area contributed by atoms with E-state index in [0.29, 0.717) is 16.5 Å². The zero-order chi connectivity index (χ0) is 23.1. The molecular weight excluding hydrogens is 432 g/mol. The summed E-state index contributed by atoms with van der Waals surface area (Å²) in [5.41, 5.74) is 1.35. The molecule has 1 N–H and O–H groups in total. The first kappa shape index (κ1) is 23.3. The van der Waals surface area contributed by atoms with Gasteiger partial charge >= 0.3 is 12.2 Å². The number of nitrogens with one attached hydrogen (secondary N) is 1. The van der Waals surface area contributed by atoms with Gasteiger partial charge in [-0.15, -0.1) is 0 Å². The number of ether oxygens (including phenoxy) is 2. The molecule has 1 aromatic heterocycles. The minimum absolute atomic E-state index is 0.145. The average molecular weight is 459 g/mol. The smallest absolute Gasteiger partial charge is 0.413 e. The maximum absolute atomic E-state index is 12.6. The SMILES string of the molecule is C=CCON=C1CN(C(=O)OC(C)(C)C)Cc2nc(NC(=O)OCc3ccccc3)sc21. The number of rotatable bonds is 6. The first-order valence-corrected chi connectivity index (χ1v) is 10.8. The summed E-state index contributed by atoms with van der Waals surface area (Å²) in [6.45, 7) is 9.78. The standard InChI is InChI=1S/C22H26N4O5S/c1-5-11-30-25-17-13-26(21(28)31-22(2,3)4)12-16-18(17)32-19(23-16)24-20(27)29-14-15-9-7-6-8-10-15/h5-10H,1,11-14H2,2-4H3,(H,23,24,27). The van der Waals surface area contributed by atoms with Crippen molar-refractivity contribution in [3.05, 3.63) is 59.1 Å². The molecule has 0 saturated heterocycles. The molecule has 1 aliphatic heterocycles. The van der Waals surface area contributed by atoms with E-state index in [0.717, 1.165) is 10.4 Å². The van der Waals surface area contributed by atoms with Gasteiger partial charge in [-0.2, -0.15) is 0 Å². The van der Waals surface area contributed by atoms with Crippen LogP contribution in [-0.4, -0.2) is 46.5 Å². The van der Waals surface area contributed by atoms with E-state index >= 15 is 0 Å². The number of carbonyl (C=O) groups is 2. The molecule has 9 nitrogen and oxygen atoms in total. The van der Waals surface area contributed by atoms with Crippen molar-refractivity contribution >= 4 is 34.4 Å². The van der Waals surface area contributed by atoms with Gasteiger partial charge < -0.3 is 14.3 Å². The summed E-state index contributed by atoms with van der Waals surface area (Å²) in [6.07, 6.45) is 0.469. The van der Waals surface area contributed by atoms with Crippen LogP contribution in [-0.2, 0) is 27.5 Å². The van der Waals surface area contributed by atoms with Gasteiger partial charge in [0.25, 0.3) is 0 Å². The Kier molecular flexibility index (Phi) is 7.47. The quantitative estimate of drug-likeness (QED) is 0.387. The molecule has 10 heteroatoms. The molecule has 0 fully saturated rings. The van der Waals surface area contributed by atoms with Crippen LogP contribution in [0.3, 0.4) is 0 Å². The van der Waals surface area contributed by atoms with Crippen LogP contribution in [0.25, 0.3) is 0 Å². The van der Waals surface area contributed by atoms with E-state index in [-0.39, 0.29) is 26.3 Å². The highest BCUT2D eigenvalue weighted by atomic mass is 32.1. The molecule has 0 bridgehead atoms. The molecule has 0 saturated carbocycles. The van der Waals surface area contributed by atoms with E-state index in [1.54, 1.807) is 26.8 Å². The van der Waals surface area contributed by atoms with Crippen LogP contribution in [0.1, 0.15) is 36.9 Å². The number of anilines is 1. The second-order valence-corrected chi connectivity index (χ2v) is 8.94. The third kappa shape index (κ3) is 6.55. The molecule has 0 spiro atoms. The Morgan fingerprint density at radius 1 is 1.28 bits per heavy atom. The van der Waals surface area contributed by atoms with Crippen molar-refractivity contribution in [1.29, 1.82) is 0 Å². The van der Waals surface area contributed by atoms with E-state index in [4.69, 9.17) is 14.3 Å². The van der Waals surface area contributed by atoms with E-state index in [2.05, 4.69) is 22.0 Å². The van der Waals surface area contributed by atoms with Crippen molar-refractivity contribution in [1.82, 2.24) is 9.88 Å². The zero-order valence-corrected chi connectivity index (χ0v) is 19.1. The van der Waals surface area contributed by atoms with Gasteiger partial charge in [0.2, 0.25) is 0 Å². The molecule has 0 atom stereocenters. The predicted molar refractivity (Wildman–Crippen MR) is 122 cm³/mol. The van der Waals surface area contributed by atoms with Crippen LogP contribution in [0, 0.1) is 0 Å². The first-order valence-electron chi connectivity index (χ1n) is 10.0. The summed E-state index contributed by atoms with van der Waals surface area (Å²) in [7, 11) is 0. The van der Waals surface area contributed by atoms with E-state index in [1.807, 2.05) is 30.3 Å². The van der Waals surface area contributed by atoms with E-state index in [1.165, 1.54) is 16.2 Å². The van der Waals surface area contributed by atoms with Gasteiger partial charge in [0.1, 0.15) is 24.5 Å². The lowest BCUT2D eigenvalue weighted by Crippen LogP contribution is -2.42. The Morgan fingerprint density at radius 3 is 2.72 bits per heavy atom. The lowest BCUT2D eigenvalue weighted by Gasteiger charge is -2.29. The zero-order valence-electron chi connectivity index (χ0n) is 18.3. The van der Waals surface area contributed by atoms with Crippen molar-refractivity contribution in [3.63, 3.8) is 0 Å². The van der Waals surface area contributed by atoms with Crippen molar-refractivity contribution in [2.24, 2.45) is 5.16 Å². The van der Waals surface area contributed by atoms with Gasteiger partial charge in [-0.25, -0.2) is 14.6 Å². The molecule has 0 aliphatic carbocycles. The molecule has 3 rings (SSSR count). The summed E-state index contributed by atoms with van der Waals surface area (Å²) >= 11 is 1.24. The first-order chi connectivity index (χ1) is 15.2. The van der Waals surface area contributed by atoms with E-state index in [9.17, 15) is 9.59 Å². The Balaban J connectivity index is 1.72. The van der Waals surface area contributed by atoms with Crippen LogP contribution in [0.15, 0.2) is 48.1 Å². The second-order valence-electron chi connectivity index (χ2n) is 7.94. The predicted octanol–water partition coefficient (Wildman–Crippen LogP) is 4.55. The number of aromatic nitrogens is 1. The number of oxime groups is 1. The van der Waals surface area contributed by atoms with Gasteiger partial charge in [0.15, 0.2) is 5.13 Å². The van der Waals surface area contributed by atoms with Gasteiger partial charge in [0, 0.05) is 0 Å². The lowest BCUT2D eigenvalue weighted by atomic mass is 10.1. The summed E-state index contributed by atoms with van der Waals surface area (Å²) in [6, 6.07) is 9.37. The van der Waals surface area contributed by atoms with Gasteiger partial charge in [-0.3, -0.25) is 10.2 Å². The lowest BCUT2D eigenvalue weighted by molar-refractivity contribution is 0.0255. The molecule has 1 aliphatic rings. The largest absolute Gasteiger partial charge is 0.444 e. The second kappa shape index (κ2) is 10.3. The monoisotopic (exact) mass is 458 g/mol.